The van der Waals surface area contributed by atoms with Gasteiger partial charge < -0.3 is 15.5 Å². The lowest BCUT2D eigenvalue weighted by atomic mass is 9.98. The average molecular weight is 324 g/mol. The predicted octanol–water partition coefficient (Wildman–Crippen LogP) is 2.11. The van der Waals surface area contributed by atoms with Gasteiger partial charge in [0, 0.05) is 38.8 Å². The Hall–Kier alpha value is -2.40. The molecule has 1 amide bonds. The van der Waals surface area contributed by atoms with Gasteiger partial charge in [-0.15, -0.1) is 0 Å². The van der Waals surface area contributed by atoms with Crippen molar-refractivity contribution in [1.82, 2.24) is 9.88 Å². The number of hydrogen-bond acceptors (Lipinski definition) is 4. The Morgan fingerprint density at radius 1 is 1.08 bits per heavy atom. The molecule has 1 fully saturated rings. The van der Waals surface area contributed by atoms with Crippen molar-refractivity contribution >= 4 is 11.7 Å². The number of aryl methyl sites for hydroxylation is 1. The Balaban J connectivity index is 1.75. The number of carbonyl (C=O) groups is 1. The number of hydrogen-bond donors (Lipinski definition) is 1. The molecule has 0 radical (unpaired) electrons. The molecule has 1 atom stereocenters. The molecule has 1 saturated heterocycles. The highest BCUT2D eigenvalue weighted by Crippen LogP contribution is 2.24. The van der Waals surface area contributed by atoms with Crippen molar-refractivity contribution in [2.45, 2.75) is 19.9 Å². The van der Waals surface area contributed by atoms with Crippen LogP contribution in [-0.2, 0) is 4.79 Å². The van der Waals surface area contributed by atoms with Crippen molar-refractivity contribution in [1.29, 1.82) is 0 Å². The third kappa shape index (κ3) is 3.41. The number of piperazine rings is 1. The number of carbonyl (C=O) groups excluding carboxylic acids is 1. The number of rotatable bonds is 3. The zero-order valence-corrected chi connectivity index (χ0v) is 14.3. The lowest BCUT2D eigenvalue weighted by Gasteiger charge is -2.35. The second-order valence-electron chi connectivity index (χ2n) is 6.23. The minimum absolute atomic E-state index is 0.142. The first-order valence-corrected chi connectivity index (χ1v) is 8.35. The van der Waals surface area contributed by atoms with E-state index < -0.39 is 0 Å². The van der Waals surface area contributed by atoms with Crippen molar-refractivity contribution < 1.29 is 4.79 Å². The maximum atomic E-state index is 11.4. The van der Waals surface area contributed by atoms with E-state index in [0.717, 1.165) is 48.8 Å². The van der Waals surface area contributed by atoms with Gasteiger partial charge in [0.25, 0.3) is 0 Å². The van der Waals surface area contributed by atoms with Gasteiger partial charge in [0.2, 0.25) is 5.91 Å². The van der Waals surface area contributed by atoms with E-state index in [-0.39, 0.29) is 11.9 Å². The minimum Gasteiger partial charge on any atom is -0.353 e. The Labute approximate surface area is 143 Å². The molecule has 2 N–H and O–H groups in total. The number of nitrogens with two attached hydrogens (primary N) is 1. The number of pyridine rings is 1. The van der Waals surface area contributed by atoms with Crippen molar-refractivity contribution in [3.05, 3.63) is 59.3 Å². The summed E-state index contributed by atoms with van der Waals surface area (Å²) in [6.45, 7) is 6.76. The topological polar surface area (TPSA) is 62.5 Å². The van der Waals surface area contributed by atoms with Crippen LogP contribution in [0.15, 0.2) is 42.5 Å². The highest BCUT2D eigenvalue weighted by molar-refractivity contribution is 5.73. The largest absolute Gasteiger partial charge is 0.353 e. The van der Waals surface area contributed by atoms with Crippen molar-refractivity contribution in [2.75, 3.05) is 31.1 Å². The third-order valence-corrected chi connectivity index (χ3v) is 4.65. The van der Waals surface area contributed by atoms with Crippen LogP contribution in [0.5, 0.6) is 0 Å². The summed E-state index contributed by atoms with van der Waals surface area (Å²) in [5, 5.41) is 0. The summed E-state index contributed by atoms with van der Waals surface area (Å²) in [6, 6.07) is 14.0. The fraction of sp³-hybridized carbons (Fsp3) is 0.368. The van der Waals surface area contributed by atoms with E-state index in [1.165, 1.54) is 0 Å². The molecular weight excluding hydrogens is 300 g/mol. The maximum Gasteiger partial charge on any atom is 0.219 e. The summed E-state index contributed by atoms with van der Waals surface area (Å²) in [5.41, 5.74) is 9.49. The Bertz CT molecular complexity index is 709. The molecule has 24 heavy (non-hydrogen) atoms. The lowest BCUT2D eigenvalue weighted by Crippen LogP contribution is -2.48. The molecule has 3 rings (SSSR count). The lowest BCUT2D eigenvalue weighted by molar-refractivity contribution is -0.129. The Morgan fingerprint density at radius 3 is 2.33 bits per heavy atom. The molecule has 0 spiro atoms. The van der Waals surface area contributed by atoms with E-state index in [1.807, 2.05) is 48.2 Å². The standard InChI is InChI=1S/C19H24N4O/c1-14-17(19(20)16-6-4-3-5-7-16)8-9-18(21-14)23-12-10-22(11-13-23)15(2)24/h3-9,19H,10-13,20H2,1-2H3/t19-/m1/s1. The van der Waals surface area contributed by atoms with Gasteiger partial charge in [-0.1, -0.05) is 36.4 Å². The van der Waals surface area contributed by atoms with Crippen molar-refractivity contribution in [3.8, 4) is 0 Å². The molecule has 0 aliphatic carbocycles. The van der Waals surface area contributed by atoms with Crippen LogP contribution in [0.25, 0.3) is 0 Å². The van der Waals surface area contributed by atoms with Gasteiger partial charge in [0.05, 0.1) is 6.04 Å². The van der Waals surface area contributed by atoms with Crippen LogP contribution < -0.4 is 10.6 Å². The van der Waals surface area contributed by atoms with Crippen molar-refractivity contribution in [3.63, 3.8) is 0 Å². The van der Waals surface area contributed by atoms with E-state index in [0.29, 0.717) is 0 Å². The number of amides is 1. The van der Waals surface area contributed by atoms with Crippen molar-refractivity contribution in [2.24, 2.45) is 5.73 Å². The van der Waals surface area contributed by atoms with Gasteiger partial charge in [-0.05, 0) is 24.1 Å². The smallest absolute Gasteiger partial charge is 0.219 e. The molecule has 1 aromatic heterocycles. The fourth-order valence-electron chi connectivity index (χ4n) is 3.15. The predicted molar refractivity (Wildman–Crippen MR) is 95.9 cm³/mol. The van der Waals surface area contributed by atoms with Gasteiger partial charge in [0.15, 0.2) is 0 Å². The SMILES string of the molecule is CC(=O)N1CCN(c2ccc([C@H](N)c3ccccc3)c(C)n2)CC1. The molecule has 1 aliphatic rings. The number of nitrogens with zero attached hydrogens (tertiary/aromatic N) is 3. The monoisotopic (exact) mass is 324 g/mol. The fourth-order valence-corrected chi connectivity index (χ4v) is 3.15. The highest BCUT2D eigenvalue weighted by atomic mass is 16.2. The van der Waals surface area contributed by atoms with Gasteiger partial charge in [-0.3, -0.25) is 4.79 Å². The normalized spacial score (nSPS) is 16.1. The molecule has 2 heterocycles. The summed E-state index contributed by atoms with van der Waals surface area (Å²) in [5.74, 6) is 1.10. The zero-order chi connectivity index (χ0) is 17.1. The first kappa shape index (κ1) is 16.5. The van der Waals surface area contributed by atoms with E-state index >= 15 is 0 Å². The van der Waals surface area contributed by atoms with Gasteiger partial charge in [0.1, 0.15) is 5.82 Å². The Kier molecular flexibility index (Phi) is 4.81. The van der Waals surface area contributed by atoms with E-state index in [2.05, 4.69) is 11.0 Å². The van der Waals surface area contributed by atoms with E-state index in [4.69, 9.17) is 10.7 Å². The van der Waals surface area contributed by atoms with E-state index in [1.54, 1.807) is 6.92 Å². The van der Waals surface area contributed by atoms with Crippen LogP contribution in [-0.4, -0.2) is 42.0 Å². The summed E-state index contributed by atoms with van der Waals surface area (Å²) < 4.78 is 0. The number of anilines is 1. The van der Waals surface area contributed by atoms with Crippen LogP contribution >= 0.6 is 0 Å². The molecule has 126 valence electrons. The quantitative estimate of drug-likeness (QED) is 0.939. The second-order valence-corrected chi connectivity index (χ2v) is 6.23. The molecule has 0 bridgehead atoms. The summed E-state index contributed by atoms with van der Waals surface area (Å²) in [4.78, 5) is 20.3. The zero-order valence-electron chi connectivity index (χ0n) is 14.3. The van der Waals surface area contributed by atoms with Gasteiger partial charge in [-0.2, -0.15) is 0 Å². The summed E-state index contributed by atoms with van der Waals surface area (Å²) in [6.07, 6.45) is 0. The minimum atomic E-state index is -0.165. The maximum absolute atomic E-state index is 11.4. The molecule has 2 aromatic rings. The molecule has 0 unspecified atom stereocenters. The summed E-state index contributed by atoms with van der Waals surface area (Å²) in [7, 11) is 0. The van der Waals surface area contributed by atoms with E-state index in [9.17, 15) is 4.79 Å². The molecule has 0 saturated carbocycles. The van der Waals surface area contributed by atoms with Gasteiger partial charge in [-0.25, -0.2) is 4.98 Å². The molecule has 1 aliphatic heterocycles. The van der Waals surface area contributed by atoms with Crippen LogP contribution in [0.1, 0.15) is 29.8 Å². The van der Waals surface area contributed by atoms with Gasteiger partial charge >= 0.3 is 0 Å². The third-order valence-electron chi connectivity index (χ3n) is 4.65. The molecular formula is C19H24N4O. The van der Waals surface area contributed by atoms with Crippen LogP contribution in [0.3, 0.4) is 0 Å². The highest BCUT2D eigenvalue weighted by Gasteiger charge is 2.20. The molecule has 5 heteroatoms. The van der Waals surface area contributed by atoms with Crippen LogP contribution in [0.4, 0.5) is 5.82 Å². The van der Waals surface area contributed by atoms with Crippen LogP contribution in [0, 0.1) is 6.92 Å². The molecule has 5 nitrogen and oxygen atoms in total. The number of benzene rings is 1. The van der Waals surface area contributed by atoms with Crippen LogP contribution in [0.2, 0.25) is 0 Å². The molecule has 1 aromatic carbocycles. The first-order valence-electron chi connectivity index (χ1n) is 8.35. The average Bonchev–Trinajstić information content (AvgIpc) is 2.62. The second kappa shape index (κ2) is 7.01. The first-order chi connectivity index (χ1) is 11.6. The summed E-state index contributed by atoms with van der Waals surface area (Å²) >= 11 is 0. The number of aromatic nitrogens is 1. The Morgan fingerprint density at radius 2 is 1.75 bits per heavy atom.